The highest BCUT2D eigenvalue weighted by molar-refractivity contribution is 5.95. The van der Waals surface area contributed by atoms with Crippen LogP contribution in [0.5, 0.6) is 0 Å². The van der Waals surface area contributed by atoms with Crippen molar-refractivity contribution in [1.82, 2.24) is 19.9 Å². The van der Waals surface area contributed by atoms with Crippen LogP contribution in [0.15, 0.2) is 103 Å². The second-order valence-corrected chi connectivity index (χ2v) is 9.52. The summed E-state index contributed by atoms with van der Waals surface area (Å²) in [5.41, 5.74) is 8.32. The Bertz CT molecular complexity index is 1680. The van der Waals surface area contributed by atoms with E-state index in [0.29, 0.717) is 11.7 Å². The van der Waals surface area contributed by atoms with Crippen molar-refractivity contribution in [2.45, 2.75) is 19.3 Å². The summed E-state index contributed by atoms with van der Waals surface area (Å²) in [7, 11) is 0. The van der Waals surface area contributed by atoms with E-state index in [4.69, 9.17) is 9.97 Å². The Morgan fingerprint density at radius 1 is 0.750 bits per heavy atom. The van der Waals surface area contributed by atoms with Crippen LogP contribution < -0.4 is 0 Å². The second-order valence-electron chi connectivity index (χ2n) is 9.52. The molecule has 172 valence electrons. The van der Waals surface area contributed by atoms with Crippen molar-refractivity contribution in [3.05, 3.63) is 126 Å². The molecule has 0 radical (unpaired) electrons. The highest BCUT2D eigenvalue weighted by Gasteiger charge is 2.34. The first-order chi connectivity index (χ1) is 17.7. The number of nitrogens with zero attached hydrogens (tertiary/aromatic N) is 4. The summed E-state index contributed by atoms with van der Waals surface area (Å²) >= 11 is 0. The molecular weight excluding hydrogens is 440 g/mol. The van der Waals surface area contributed by atoms with E-state index in [1.54, 1.807) is 0 Å². The molecule has 2 atom stereocenters. The Hall–Kier alpha value is -4.44. The quantitative estimate of drug-likeness (QED) is 0.289. The predicted molar refractivity (Wildman–Crippen MR) is 144 cm³/mol. The van der Waals surface area contributed by atoms with E-state index < -0.39 is 0 Å². The van der Waals surface area contributed by atoms with E-state index in [9.17, 15) is 0 Å². The molecule has 0 spiro atoms. The van der Waals surface area contributed by atoms with E-state index in [1.165, 1.54) is 27.6 Å². The third-order valence-electron chi connectivity index (χ3n) is 7.31. The first-order valence-electron chi connectivity index (χ1n) is 12.4. The van der Waals surface area contributed by atoms with Crippen LogP contribution in [0.2, 0.25) is 0 Å². The van der Waals surface area contributed by atoms with Crippen LogP contribution in [0.25, 0.3) is 39.3 Å². The Morgan fingerprint density at radius 3 is 2.50 bits per heavy atom. The van der Waals surface area contributed by atoms with Crippen LogP contribution >= 0.6 is 0 Å². The maximum absolute atomic E-state index is 4.94. The molecule has 0 fully saturated rings. The highest BCUT2D eigenvalue weighted by atomic mass is 15.0. The van der Waals surface area contributed by atoms with Crippen LogP contribution in [0, 0.1) is 12.8 Å². The third-order valence-corrected chi connectivity index (χ3v) is 7.31. The summed E-state index contributed by atoms with van der Waals surface area (Å²) in [6.07, 6.45) is 9.99. The number of allylic oxidation sites excluding steroid dienone is 4. The Kier molecular flexibility index (Phi) is 4.84. The minimum absolute atomic E-state index is 0.278. The maximum Gasteiger partial charge on any atom is 0.164 e. The molecule has 0 saturated carbocycles. The number of fused-ring (bicyclic) bond motifs is 4. The molecule has 0 aliphatic heterocycles. The summed E-state index contributed by atoms with van der Waals surface area (Å²) in [6.45, 7) is 1.94. The molecule has 2 aliphatic rings. The lowest BCUT2D eigenvalue weighted by molar-refractivity contribution is 0.632. The number of aromatic nitrogens is 4. The fourth-order valence-corrected chi connectivity index (χ4v) is 5.70. The van der Waals surface area contributed by atoms with E-state index in [1.807, 2.05) is 49.5 Å². The number of aryl methyl sites for hydroxylation is 1. The summed E-state index contributed by atoms with van der Waals surface area (Å²) in [5, 5.41) is 1.18. The van der Waals surface area contributed by atoms with Gasteiger partial charge < -0.3 is 0 Å². The fourth-order valence-electron chi connectivity index (χ4n) is 5.70. The topological polar surface area (TPSA) is 51.6 Å². The van der Waals surface area contributed by atoms with Gasteiger partial charge >= 0.3 is 0 Å². The third kappa shape index (κ3) is 3.45. The lowest BCUT2D eigenvalue weighted by atomic mass is 9.82. The number of benzene rings is 3. The van der Waals surface area contributed by atoms with Gasteiger partial charge in [-0.2, -0.15) is 0 Å². The molecule has 0 saturated heterocycles. The Morgan fingerprint density at radius 2 is 1.58 bits per heavy atom. The molecule has 0 bridgehead atoms. The largest absolute Gasteiger partial charge is 0.256 e. The SMILES string of the molecule is Cc1nc(-c2ccccc2)nc(-c2cccc3c2C2C=C(c4cccc5ncccc45)C=CC2C3)n1. The molecule has 3 aromatic carbocycles. The van der Waals surface area contributed by atoms with Gasteiger partial charge in [-0.05, 0) is 53.7 Å². The van der Waals surface area contributed by atoms with Crippen LogP contribution in [0.3, 0.4) is 0 Å². The van der Waals surface area contributed by atoms with Crippen molar-refractivity contribution in [1.29, 1.82) is 0 Å². The smallest absolute Gasteiger partial charge is 0.164 e. The number of hydrogen-bond donors (Lipinski definition) is 0. The predicted octanol–water partition coefficient (Wildman–Crippen LogP) is 6.97. The van der Waals surface area contributed by atoms with Gasteiger partial charge in [-0.15, -0.1) is 0 Å². The van der Waals surface area contributed by atoms with Crippen molar-refractivity contribution < 1.29 is 0 Å². The highest BCUT2D eigenvalue weighted by Crippen LogP contribution is 2.48. The Labute approximate surface area is 210 Å². The molecule has 2 aliphatic carbocycles. The molecule has 7 rings (SSSR count). The van der Waals surface area contributed by atoms with Crippen molar-refractivity contribution >= 4 is 16.5 Å². The molecule has 4 nitrogen and oxygen atoms in total. The first kappa shape index (κ1) is 20.9. The molecule has 2 aromatic heterocycles. The zero-order valence-electron chi connectivity index (χ0n) is 20.0. The first-order valence-corrected chi connectivity index (χ1v) is 12.4. The van der Waals surface area contributed by atoms with Crippen molar-refractivity contribution in [3.8, 4) is 22.8 Å². The van der Waals surface area contributed by atoms with Gasteiger partial charge in [0.05, 0.1) is 5.52 Å². The lowest BCUT2D eigenvalue weighted by Crippen LogP contribution is -2.08. The average molecular weight is 465 g/mol. The van der Waals surface area contributed by atoms with Crippen LogP contribution in [0.1, 0.15) is 28.4 Å². The van der Waals surface area contributed by atoms with Gasteiger partial charge in [-0.25, -0.2) is 15.0 Å². The molecule has 5 aromatic rings. The van der Waals surface area contributed by atoms with Gasteiger partial charge in [0.2, 0.25) is 0 Å². The van der Waals surface area contributed by atoms with Gasteiger partial charge in [-0.3, -0.25) is 4.98 Å². The van der Waals surface area contributed by atoms with Crippen molar-refractivity contribution in [3.63, 3.8) is 0 Å². The van der Waals surface area contributed by atoms with Crippen LogP contribution in [-0.4, -0.2) is 19.9 Å². The minimum Gasteiger partial charge on any atom is -0.256 e. The summed E-state index contributed by atoms with van der Waals surface area (Å²) in [6, 6.07) is 27.2. The normalized spacial score (nSPS) is 18.1. The van der Waals surface area contributed by atoms with Crippen molar-refractivity contribution in [2.24, 2.45) is 5.92 Å². The molecule has 36 heavy (non-hydrogen) atoms. The van der Waals surface area contributed by atoms with E-state index >= 15 is 0 Å². The van der Waals surface area contributed by atoms with Gasteiger partial charge in [0, 0.05) is 28.6 Å². The summed E-state index contributed by atoms with van der Waals surface area (Å²) in [4.78, 5) is 18.9. The lowest BCUT2D eigenvalue weighted by Gasteiger charge is -2.22. The average Bonchev–Trinajstić information content (AvgIpc) is 3.31. The van der Waals surface area contributed by atoms with Gasteiger partial charge in [0.15, 0.2) is 11.6 Å². The standard InChI is InChI=1S/C32H24N4/c1-20-34-31(21-8-3-2-4-9-21)36-32(35-20)27-12-5-10-24-18-22-15-16-23(19-28(22)30(24)27)25-11-6-14-29-26(25)13-7-17-33-29/h2-17,19,22,28H,18H2,1H3. The second kappa shape index (κ2) is 8.35. The Balaban J connectivity index is 1.36. The molecule has 0 N–H and O–H groups in total. The number of pyridine rings is 1. The van der Waals surface area contributed by atoms with Crippen molar-refractivity contribution in [2.75, 3.05) is 0 Å². The van der Waals surface area contributed by atoms with E-state index in [-0.39, 0.29) is 5.92 Å². The van der Waals surface area contributed by atoms with E-state index in [2.05, 4.69) is 70.7 Å². The number of hydrogen-bond acceptors (Lipinski definition) is 4. The molecule has 2 heterocycles. The number of rotatable bonds is 3. The fraction of sp³-hybridized carbons (Fsp3) is 0.125. The monoisotopic (exact) mass is 464 g/mol. The zero-order chi connectivity index (χ0) is 24.1. The summed E-state index contributed by atoms with van der Waals surface area (Å²) < 4.78 is 0. The zero-order valence-corrected chi connectivity index (χ0v) is 20.0. The minimum atomic E-state index is 0.278. The molecule has 4 heteroatoms. The van der Waals surface area contributed by atoms with E-state index in [0.717, 1.165) is 34.7 Å². The van der Waals surface area contributed by atoms with Gasteiger partial charge in [0.1, 0.15) is 5.82 Å². The molecule has 2 unspecified atom stereocenters. The summed E-state index contributed by atoms with van der Waals surface area (Å²) in [5.74, 6) is 2.91. The van der Waals surface area contributed by atoms with Gasteiger partial charge in [-0.1, -0.05) is 85.0 Å². The van der Waals surface area contributed by atoms with Gasteiger partial charge in [0.25, 0.3) is 0 Å². The van der Waals surface area contributed by atoms with Crippen LogP contribution in [0.4, 0.5) is 0 Å². The maximum atomic E-state index is 4.94. The van der Waals surface area contributed by atoms with Crippen LogP contribution in [-0.2, 0) is 6.42 Å². The molecular formula is C32H24N4. The molecule has 0 amide bonds.